The number of phenols is 1. The molecule has 0 aliphatic heterocycles. The van der Waals surface area contributed by atoms with E-state index in [0.29, 0.717) is 13.0 Å². The van der Waals surface area contributed by atoms with Gasteiger partial charge in [-0.15, -0.1) is 0 Å². The standard InChI is InChI=1S/C16H15Cl2F2N3O4/c1-2-5-21-12-9(27-16(19)20)4-3-7(13(12)24)14(25)23-11-8(17)6-22-15(26)10(11)18/h3-4,6,16,21,24H,2,5H2,1H3,(H2,22,23,25,26). The second-order valence-corrected chi connectivity index (χ2v) is 6.03. The number of aromatic nitrogens is 1. The van der Waals surface area contributed by atoms with Gasteiger partial charge in [-0.1, -0.05) is 30.1 Å². The summed E-state index contributed by atoms with van der Waals surface area (Å²) < 4.78 is 29.5. The predicted octanol–water partition coefficient (Wildman–Crippen LogP) is 4.06. The van der Waals surface area contributed by atoms with Crippen molar-refractivity contribution in [2.75, 3.05) is 17.2 Å². The van der Waals surface area contributed by atoms with E-state index in [1.54, 1.807) is 0 Å². The van der Waals surface area contributed by atoms with Crippen molar-refractivity contribution in [1.29, 1.82) is 0 Å². The van der Waals surface area contributed by atoms with Crippen molar-refractivity contribution in [3.63, 3.8) is 0 Å². The van der Waals surface area contributed by atoms with Gasteiger partial charge in [0.15, 0.2) is 11.5 Å². The fourth-order valence-electron chi connectivity index (χ4n) is 2.15. The molecule has 1 amide bonds. The number of carbonyl (C=O) groups excluding carboxylic acids is 1. The van der Waals surface area contributed by atoms with Crippen molar-refractivity contribution in [2.45, 2.75) is 20.0 Å². The highest BCUT2D eigenvalue weighted by Gasteiger charge is 2.22. The summed E-state index contributed by atoms with van der Waals surface area (Å²) in [6.07, 6.45) is 1.76. The molecule has 1 heterocycles. The summed E-state index contributed by atoms with van der Waals surface area (Å²) >= 11 is 11.7. The summed E-state index contributed by atoms with van der Waals surface area (Å²) in [5.41, 5.74) is -1.25. The Balaban J connectivity index is 2.42. The van der Waals surface area contributed by atoms with Gasteiger partial charge in [0, 0.05) is 12.7 Å². The molecule has 0 radical (unpaired) electrons. The summed E-state index contributed by atoms with van der Waals surface area (Å²) in [6, 6.07) is 2.20. The van der Waals surface area contributed by atoms with Crippen LogP contribution in [0.5, 0.6) is 11.5 Å². The zero-order valence-electron chi connectivity index (χ0n) is 13.9. The number of H-pyrrole nitrogens is 1. The van der Waals surface area contributed by atoms with Gasteiger partial charge in [0.2, 0.25) is 0 Å². The van der Waals surface area contributed by atoms with Gasteiger partial charge in [-0.05, 0) is 18.6 Å². The maximum Gasteiger partial charge on any atom is 0.387 e. The Morgan fingerprint density at radius 3 is 2.67 bits per heavy atom. The highest BCUT2D eigenvalue weighted by Crippen LogP contribution is 2.38. The van der Waals surface area contributed by atoms with Gasteiger partial charge in [-0.3, -0.25) is 9.59 Å². The first-order valence-corrected chi connectivity index (χ1v) is 8.44. The molecule has 146 valence electrons. The van der Waals surface area contributed by atoms with Crippen LogP contribution in [-0.2, 0) is 0 Å². The van der Waals surface area contributed by atoms with Crippen LogP contribution < -0.4 is 20.9 Å². The van der Waals surface area contributed by atoms with E-state index in [-0.39, 0.29) is 32.7 Å². The molecule has 0 aliphatic carbocycles. The lowest BCUT2D eigenvalue weighted by atomic mass is 10.1. The summed E-state index contributed by atoms with van der Waals surface area (Å²) in [5.74, 6) is -1.78. The zero-order valence-corrected chi connectivity index (χ0v) is 15.4. The van der Waals surface area contributed by atoms with Crippen LogP contribution in [0.3, 0.4) is 0 Å². The molecular weight excluding hydrogens is 407 g/mol. The number of hydrogen-bond acceptors (Lipinski definition) is 5. The number of carbonyl (C=O) groups is 1. The summed E-state index contributed by atoms with van der Waals surface area (Å²) in [6.45, 7) is -0.949. The van der Waals surface area contributed by atoms with E-state index < -0.39 is 23.8 Å². The Labute approximate surface area is 162 Å². The van der Waals surface area contributed by atoms with E-state index in [4.69, 9.17) is 23.2 Å². The largest absolute Gasteiger partial charge is 0.505 e. The minimum Gasteiger partial charge on any atom is -0.505 e. The van der Waals surface area contributed by atoms with Crippen molar-refractivity contribution >= 4 is 40.5 Å². The number of benzene rings is 1. The Morgan fingerprint density at radius 1 is 1.33 bits per heavy atom. The van der Waals surface area contributed by atoms with Crippen molar-refractivity contribution in [3.05, 3.63) is 44.3 Å². The lowest BCUT2D eigenvalue weighted by molar-refractivity contribution is -0.0494. The molecule has 0 atom stereocenters. The molecular formula is C16H15Cl2F2N3O4. The first-order chi connectivity index (χ1) is 12.8. The van der Waals surface area contributed by atoms with Gasteiger partial charge in [0.1, 0.15) is 10.7 Å². The summed E-state index contributed by atoms with van der Waals surface area (Å²) in [7, 11) is 0. The van der Waals surface area contributed by atoms with E-state index in [0.717, 1.165) is 18.3 Å². The minimum atomic E-state index is -3.11. The van der Waals surface area contributed by atoms with E-state index >= 15 is 0 Å². The second-order valence-electron chi connectivity index (χ2n) is 5.25. The SMILES string of the molecule is CCCNc1c(OC(F)F)ccc(C(=O)Nc2c(Cl)c[nH]c(=O)c2Cl)c1O. The predicted molar refractivity (Wildman–Crippen MR) is 98.6 cm³/mol. The van der Waals surface area contributed by atoms with Crippen LogP contribution in [0, 0.1) is 0 Å². The Hall–Kier alpha value is -2.52. The van der Waals surface area contributed by atoms with Crippen molar-refractivity contribution in [1.82, 2.24) is 4.98 Å². The quantitative estimate of drug-likeness (QED) is 0.504. The fraction of sp³-hybridized carbons (Fsp3) is 0.250. The number of ether oxygens (including phenoxy) is 1. The molecule has 0 aliphatic rings. The van der Waals surface area contributed by atoms with Crippen molar-refractivity contribution in [3.8, 4) is 11.5 Å². The number of halogens is 4. The zero-order chi connectivity index (χ0) is 20.1. The topological polar surface area (TPSA) is 103 Å². The fourth-order valence-corrected chi connectivity index (χ4v) is 2.60. The van der Waals surface area contributed by atoms with Gasteiger partial charge in [-0.2, -0.15) is 8.78 Å². The lowest BCUT2D eigenvalue weighted by Gasteiger charge is -2.16. The molecule has 11 heteroatoms. The maximum atomic E-state index is 12.6. The van der Waals surface area contributed by atoms with E-state index in [2.05, 4.69) is 20.4 Å². The number of anilines is 2. The molecule has 0 unspecified atom stereocenters. The molecule has 2 aromatic rings. The number of nitrogens with one attached hydrogen (secondary N) is 3. The van der Waals surface area contributed by atoms with Crippen molar-refractivity contribution in [2.24, 2.45) is 0 Å². The monoisotopic (exact) mass is 421 g/mol. The Morgan fingerprint density at radius 2 is 2.04 bits per heavy atom. The Kier molecular flexibility index (Phi) is 6.86. The maximum absolute atomic E-state index is 12.6. The normalized spacial score (nSPS) is 10.7. The summed E-state index contributed by atoms with van der Waals surface area (Å²) in [4.78, 5) is 26.3. The van der Waals surface area contributed by atoms with Gasteiger partial charge < -0.3 is 25.5 Å². The summed E-state index contributed by atoms with van der Waals surface area (Å²) in [5, 5.41) is 15.0. The van der Waals surface area contributed by atoms with E-state index in [1.165, 1.54) is 0 Å². The number of rotatable bonds is 7. The molecule has 7 nitrogen and oxygen atoms in total. The molecule has 1 aromatic heterocycles. The Bertz CT molecular complexity index is 906. The molecule has 4 N–H and O–H groups in total. The third kappa shape index (κ3) is 4.81. The lowest BCUT2D eigenvalue weighted by Crippen LogP contribution is -2.17. The van der Waals surface area contributed by atoms with Gasteiger partial charge in [-0.25, -0.2) is 0 Å². The number of phenolic OH excluding ortho intramolecular Hbond substituents is 1. The molecule has 1 aromatic carbocycles. The van der Waals surface area contributed by atoms with Gasteiger partial charge in [0.25, 0.3) is 11.5 Å². The number of pyridine rings is 1. The van der Waals surface area contributed by atoms with Crippen LogP contribution >= 0.6 is 23.2 Å². The molecule has 2 rings (SSSR count). The third-order valence-corrected chi connectivity index (χ3v) is 4.04. The number of aromatic hydroxyl groups is 1. The molecule has 0 fully saturated rings. The number of aromatic amines is 1. The average Bonchev–Trinajstić information content (AvgIpc) is 2.61. The second kappa shape index (κ2) is 8.92. The highest BCUT2D eigenvalue weighted by molar-refractivity contribution is 6.39. The van der Waals surface area contributed by atoms with Gasteiger partial charge >= 0.3 is 6.61 Å². The molecule has 0 bridgehead atoms. The number of alkyl halides is 2. The molecule has 27 heavy (non-hydrogen) atoms. The highest BCUT2D eigenvalue weighted by atomic mass is 35.5. The molecule has 0 saturated carbocycles. The third-order valence-electron chi connectivity index (χ3n) is 3.38. The average molecular weight is 422 g/mol. The molecule has 0 spiro atoms. The number of hydrogen-bond donors (Lipinski definition) is 4. The van der Waals surface area contributed by atoms with Crippen LogP contribution in [-0.4, -0.2) is 29.2 Å². The molecule has 0 saturated heterocycles. The van der Waals surface area contributed by atoms with E-state index in [1.807, 2.05) is 6.92 Å². The van der Waals surface area contributed by atoms with Crippen LogP contribution in [0.4, 0.5) is 20.2 Å². The van der Waals surface area contributed by atoms with Crippen LogP contribution in [0.25, 0.3) is 0 Å². The van der Waals surface area contributed by atoms with E-state index in [9.17, 15) is 23.5 Å². The van der Waals surface area contributed by atoms with Crippen LogP contribution in [0.2, 0.25) is 10.0 Å². The first kappa shape index (κ1) is 20.8. The number of amides is 1. The van der Waals surface area contributed by atoms with Crippen LogP contribution in [0.1, 0.15) is 23.7 Å². The minimum absolute atomic E-state index is 0.0329. The smallest absolute Gasteiger partial charge is 0.387 e. The van der Waals surface area contributed by atoms with Crippen LogP contribution in [0.15, 0.2) is 23.1 Å². The first-order valence-electron chi connectivity index (χ1n) is 7.68. The van der Waals surface area contributed by atoms with Crippen molar-refractivity contribution < 1.29 is 23.4 Å². The van der Waals surface area contributed by atoms with Gasteiger partial charge in [0.05, 0.1) is 16.3 Å².